The molecule has 70 valence electrons. The topological polar surface area (TPSA) is 38.7 Å². The van der Waals surface area contributed by atoms with Crippen LogP contribution < -0.4 is 0 Å². The Morgan fingerprint density at radius 3 is 2.42 bits per heavy atom. The van der Waals surface area contributed by atoms with Crippen molar-refractivity contribution < 1.29 is 14.6 Å². The highest BCUT2D eigenvalue weighted by Crippen LogP contribution is 2.45. The van der Waals surface area contributed by atoms with E-state index in [-0.39, 0.29) is 18.3 Å². The summed E-state index contributed by atoms with van der Waals surface area (Å²) in [5, 5.41) is 9.87. The number of ether oxygens (including phenoxy) is 2. The van der Waals surface area contributed by atoms with E-state index in [1.54, 1.807) is 0 Å². The minimum absolute atomic E-state index is 0.0266. The van der Waals surface area contributed by atoms with Crippen LogP contribution >= 0.6 is 0 Å². The molecule has 12 heavy (non-hydrogen) atoms. The minimum Gasteiger partial charge on any atom is -0.387 e. The molecular formula is C9H16O3. The first-order chi connectivity index (χ1) is 5.62. The predicted molar refractivity (Wildman–Crippen MR) is 43.9 cm³/mol. The fourth-order valence-corrected chi connectivity index (χ4v) is 2.47. The number of rotatable bonds is 1. The largest absolute Gasteiger partial charge is 0.387 e. The van der Waals surface area contributed by atoms with Gasteiger partial charge >= 0.3 is 0 Å². The second-order valence-electron chi connectivity index (χ2n) is 3.82. The van der Waals surface area contributed by atoms with E-state index in [1.165, 1.54) is 0 Å². The standard InChI is InChI=1S/C9H16O3/c1-4-9-6(3)11-7(8(9)10)5(2)12-9/h5-8,10H,4H2,1-3H3/t5-,6-,7-,8-,9-/m0/s1. The van der Waals surface area contributed by atoms with Crippen LogP contribution in [0.2, 0.25) is 0 Å². The van der Waals surface area contributed by atoms with Crippen molar-refractivity contribution >= 4 is 0 Å². The fourth-order valence-electron chi connectivity index (χ4n) is 2.47. The molecule has 2 fully saturated rings. The van der Waals surface area contributed by atoms with Gasteiger partial charge in [0.15, 0.2) is 0 Å². The SMILES string of the molecule is CC[C@]12O[C@@H](C)[C@H](O[C@H]1C)[C@@H]2O. The summed E-state index contributed by atoms with van der Waals surface area (Å²) in [6.07, 6.45) is 0.332. The van der Waals surface area contributed by atoms with Crippen LogP contribution in [0.5, 0.6) is 0 Å². The number of fused-ring (bicyclic) bond motifs is 2. The maximum absolute atomic E-state index is 9.87. The maximum atomic E-state index is 9.87. The van der Waals surface area contributed by atoms with Gasteiger partial charge in [-0.05, 0) is 20.3 Å². The van der Waals surface area contributed by atoms with Gasteiger partial charge in [0.1, 0.15) is 17.8 Å². The lowest BCUT2D eigenvalue weighted by Gasteiger charge is -2.33. The molecule has 2 bridgehead atoms. The van der Waals surface area contributed by atoms with E-state index in [9.17, 15) is 5.11 Å². The van der Waals surface area contributed by atoms with Gasteiger partial charge in [0.05, 0.1) is 12.2 Å². The van der Waals surface area contributed by atoms with Crippen LogP contribution in [0.4, 0.5) is 0 Å². The Labute approximate surface area is 72.7 Å². The average molecular weight is 172 g/mol. The first-order valence-corrected chi connectivity index (χ1v) is 4.63. The molecule has 0 aliphatic carbocycles. The van der Waals surface area contributed by atoms with Crippen LogP contribution in [-0.4, -0.2) is 35.1 Å². The zero-order valence-corrected chi connectivity index (χ0v) is 7.78. The molecule has 0 unspecified atom stereocenters. The predicted octanol–water partition coefficient (Wildman–Crippen LogP) is 0.702. The first kappa shape index (κ1) is 8.48. The van der Waals surface area contributed by atoms with Crippen molar-refractivity contribution in [1.82, 2.24) is 0 Å². The van der Waals surface area contributed by atoms with Crippen LogP contribution in [-0.2, 0) is 9.47 Å². The van der Waals surface area contributed by atoms with Gasteiger partial charge in [0.25, 0.3) is 0 Å². The Balaban J connectivity index is 2.30. The fraction of sp³-hybridized carbons (Fsp3) is 1.00. The van der Waals surface area contributed by atoms with Gasteiger partial charge in [-0.15, -0.1) is 0 Å². The number of hydrogen-bond acceptors (Lipinski definition) is 3. The Kier molecular flexibility index (Phi) is 1.72. The van der Waals surface area contributed by atoms with Gasteiger partial charge in [0.2, 0.25) is 0 Å². The van der Waals surface area contributed by atoms with Crippen LogP contribution in [0.25, 0.3) is 0 Å². The molecule has 2 aliphatic rings. The molecule has 0 saturated carbocycles. The molecule has 3 heteroatoms. The third-order valence-electron chi connectivity index (χ3n) is 3.28. The molecule has 2 aliphatic heterocycles. The highest BCUT2D eigenvalue weighted by molar-refractivity contribution is 5.10. The summed E-state index contributed by atoms with van der Waals surface area (Å²) in [5.74, 6) is 0. The minimum atomic E-state index is -0.438. The van der Waals surface area contributed by atoms with E-state index in [1.807, 2.05) is 20.8 Å². The zero-order valence-electron chi connectivity index (χ0n) is 7.78. The summed E-state index contributed by atoms with van der Waals surface area (Å²) in [6, 6.07) is 0. The van der Waals surface area contributed by atoms with Crippen LogP contribution in [0.3, 0.4) is 0 Å². The second-order valence-corrected chi connectivity index (χ2v) is 3.82. The third-order valence-corrected chi connectivity index (χ3v) is 3.28. The number of aliphatic hydroxyl groups excluding tert-OH is 1. The van der Waals surface area contributed by atoms with Crippen LogP contribution in [0.15, 0.2) is 0 Å². The molecular weight excluding hydrogens is 156 g/mol. The molecule has 3 nitrogen and oxygen atoms in total. The van der Waals surface area contributed by atoms with Crippen molar-refractivity contribution in [2.75, 3.05) is 0 Å². The van der Waals surface area contributed by atoms with E-state index in [0.29, 0.717) is 0 Å². The van der Waals surface area contributed by atoms with E-state index < -0.39 is 11.7 Å². The molecule has 0 aromatic rings. The van der Waals surface area contributed by atoms with Gasteiger partial charge in [0, 0.05) is 0 Å². The van der Waals surface area contributed by atoms with Gasteiger partial charge in [-0.25, -0.2) is 0 Å². The highest BCUT2D eigenvalue weighted by Gasteiger charge is 2.62. The molecule has 0 radical (unpaired) electrons. The molecule has 2 heterocycles. The Bertz CT molecular complexity index is 194. The zero-order chi connectivity index (χ0) is 8.93. The van der Waals surface area contributed by atoms with Crippen LogP contribution in [0.1, 0.15) is 27.2 Å². The second kappa shape index (κ2) is 2.44. The summed E-state index contributed by atoms with van der Waals surface area (Å²) in [7, 11) is 0. The Morgan fingerprint density at radius 2 is 2.08 bits per heavy atom. The van der Waals surface area contributed by atoms with E-state index in [4.69, 9.17) is 9.47 Å². The third kappa shape index (κ3) is 0.767. The monoisotopic (exact) mass is 172 g/mol. The molecule has 0 aromatic heterocycles. The van der Waals surface area contributed by atoms with E-state index in [0.717, 1.165) is 6.42 Å². The lowest BCUT2D eigenvalue weighted by molar-refractivity contribution is -0.176. The number of hydrogen-bond donors (Lipinski definition) is 1. The van der Waals surface area contributed by atoms with Crippen LogP contribution in [0, 0.1) is 0 Å². The lowest BCUT2D eigenvalue weighted by atomic mass is 9.91. The molecule has 2 rings (SSSR count). The molecule has 0 spiro atoms. The summed E-state index contributed by atoms with van der Waals surface area (Å²) >= 11 is 0. The molecule has 2 saturated heterocycles. The van der Waals surface area contributed by atoms with Gasteiger partial charge in [-0.3, -0.25) is 0 Å². The summed E-state index contributed by atoms with van der Waals surface area (Å²) in [4.78, 5) is 0. The normalized spacial score (nSPS) is 58.0. The van der Waals surface area contributed by atoms with Gasteiger partial charge in [-0.1, -0.05) is 6.92 Å². The Hall–Kier alpha value is -0.120. The Morgan fingerprint density at radius 1 is 1.42 bits per heavy atom. The van der Waals surface area contributed by atoms with Crippen molar-refractivity contribution in [3.05, 3.63) is 0 Å². The molecule has 0 aromatic carbocycles. The van der Waals surface area contributed by atoms with Crippen molar-refractivity contribution in [2.24, 2.45) is 0 Å². The lowest BCUT2D eigenvalue weighted by Crippen LogP contribution is -2.45. The summed E-state index contributed by atoms with van der Waals surface area (Å²) in [6.45, 7) is 5.96. The smallest absolute Gasteiger partial charge is 0.123 e. The van der Waals surface area contributed by atoms with Crippen molar-refractivity contribution in [3.63, 3.8) is 0 Å². The quantitative estimate of drug-likeness (QED) is 0.633. The van der Waals surface area contributed by atoms with E-state index in [2.05, 4.69) is 0 Å². The van der Waals surface area contributed by atoms with Crippen molar-refractivity contribution in [3.8, 4) is 0 Å². The summed E-state index contributed by atoms with van der Waals surface area (Å²) in [5.41, 5.74) is -0.427. The molecule has 1 N–H and O–H groups in total. The molecule has 0 amide bonds. The first-order valence-electron chi connectivity index (χ1n) is 4.63. The highest BCUT2D eigenvalue weighted by atomic mass is 16.6. The van der Waals surface area contributed by atoms with Crippen molar-refractivity contribution in [2.45, 2.75) is 57.2 Å². The van der Waals surface area contributed by atoms with Crippen molar-refractivity contribution in [1.29, 1.82) is 0 Å². The van der Waals surface area contributed by atoms with Gasteiger partial charge < -0.3 is 14.6 Å². The summed E-state index contributed by atoms with van der Waals surface area (Å²) < 4.78 is 11.4. The average Bonchev–Trinajstić information content (AvgIpc) is 2.41. The molecule has 5 atom stereocenters. The van der Waals surface area contributed by atoms with E-state index >= 15 is 0 Å². The maximum Gasteiger partial charge on any atom is 0.123 e. The van der Waals surface area contributed by atoms with Gasteiger partial charge in [-0.2, -0.15) is 0 Å². The number of aliphatic hydroxyl groups is 1.